The summed E-state index contributed by atoms with van der Waals surface area (Å²) < 4.78 is 0. The van der Waals surface area contributed by atoms with E-state index < -0.39 is 0 Å². The molecule has 0 unspecified atom stereocenters. The third-order valence-electron chi connectivity index (χ3n) is 3.89. The minimum absolute atomic E-state index is 0.00647. The zero-order valence-corrected chi connectivity index (χ0v) is 13.0. The Morgan fingerprint density at radius 1 is 1.35 bits per heavy atom. The summed E-state index contributed by atoms with van der Waals surface area (Å²) in [4.78, 5) is 27.1. The Bertz CT molecular complexity index is 701. The van der Waals surface area contributed by atoms with Crippen LogP contribution in [0.4, 0.5) is 5.82 Å². The average Bonchev–Trinajstić information content (AvgIpc) is 3.10. The van der Waals surface area contributed by atoms with Crippen LogP contribution in [0.1, 0.15) is 30.1 Å². The highest BCUT2D eigenvalue weighted by atomic mass is 16.2. The summed E-state index contributed by atoms with van der Waals surface area (Å²) in [7, 11) is 1.81. The van der Waals surface area contributed by atoms with E-state index >= 15 is 0 Å². The molecule has 0 aromatic carbocycles. The molecule has 0 saturated carbocycles. The van der Waals surface area contributed by atoms with Crippen molar-refractivity contribution >= 4 is 17.8 Å². The van der Waals surface area contributed by atoms with E-state index in [4.69, 9.17) is 0 Å². The van der Waals surface area contributed by atoms with Crippen LogP contribution in [-0.4, -0.2) is 39.4 Å². The van der Waals surface area contributed by atoms with Crippen molar-refractivity contribution in [1.82, 2.24) is 19.9 Å². The van der Waals surface area contributed by atoms with E-state index in [9.17, 15) is 4.79 Å². The molecular weight excluding hydrogens is 290 g/mol. The lowest BCUT2D eigenvalue weighted by molar-refractivity contribution is -0.126. The molecule has 1 fully saturated rings. The molecule has 1 atom stereocenters. The number of aromatic nitrogens is 3. The summed E-state index contributed by atoms with van der Waals surface area (Å²) in [6.07, 6.45) is 12.1. The van der Waals surface area contributed by atoms with Crippen LogP contribution in [0, 0.1) is 0 Å². The van der Waals surface area contributed by atoms with Gasteiger partial charge in [0.05, 0.1) is 24.1 Å². The molecule has 118 valence electrons. The molecule has 1 aliphatic heterocycles. The molecule has 6 heteroatoms. The van der Waals surface area contributed by atoms with Crippen LogP contribution in [-0.2, 0) is 4.79 Å². The fraction of sp³-hybridized carbons (Fsp3) is 0.294. The minimum Gasteiger partial charge on any atom is -0.372 e. The first-order valence-electron chi connectivity index (χ1n) is 7.66. The van der Waals surface area contributed by atoms with Gasteiger partial charge in [0.2, 0.25) is 5.91 Å². The number of hydrogen-bond donors (Lipinski definition) is 1. The molecule has 23 heavy (non-hydrogen) atoms. The maximum absolute atomic E-state index is 12.5. The Kier molecular flexibility index (Phi) is 4.61. The molecule has 0 spiro atoms. The maximum atomic E-state index is 12.5. The Hall–Kier alpha value is -2.76. The van der Waals surface area contributed by atoms with E-state index in [1.165, 1.54) is 0 Å². The van der Waals surface area contributed by atoms with Crippen molar-refractivity contribution in [3.63, 3.8) is 0 Å². The molecule has 0 aliphatic carbocycles. The lowest BCUT2D eigenvalue weighted by Crippen LogP contribution is -2.29. The Labute approximate surface area is 135 Å². The van der Waals surface area contributed by atoms with Crippen LogP contribution in [0.25, 0.3) is 6.08 Å². The van der Waals surface area contributed by atoms with E-state index in [1.54, 1.807) is 36.9 Å². The number of carbonyl (C=O) groups excluding carboxylic acids is 1. The highest BCUT2D eigenvalue weighted by molar-refractivity contribution is 5.92. The number of pyridine rings is 1. The molecule has 1 N–H and O–H groups in total. The van der Waals surface area contributed by atoms with Gasteiger partial charge in [-0.1, -0.05) is 6.07 Å². The predicted octanol–water partition coefficient (Wildman–Crippen LogP) is 2.29. The summed E-state index contributed by atoms with van der Waals surface area (Å²) in [5.41, 5.74) is 1.74. The van der Waals surface area contributed by atoms with Gasteiger partial charge in [0.25, 0.3) is 0 Å². The second-order valence-electron chi connectivity index (χ2n) is 5.39. The summed E-state index contributed by atoms with van der Waals surface area (Å²) in [6, 6.07) is 3.75. The van der Waals surface area contributed by atoms with Crippen LogP contribution < -0.4 is 5.32 Å². The van der Waals surface area contributed by atoms with E-state index in [0.717, 1.165) is 30.6 Å². The van der Waals surface area contributed by atoms with Crippen LogP contribution in [0.15, 0.2) is 43.0 Å². The zero-order chi connectivity index (χ0) is 16.1. The highest BCUT2D eigenvalue weighted by Crippen LogP contribution is 2.31. The summed E-state index contributed by atoms with van der Waals surface area (Å²) in [5.74, 6) is 0.709. The maximum Gasteiger partial charge on any atom is 0.247 e. The smallest absolute Gasteiger partial charge is 0.247 e. The Morgan fingerprint density at radius 2 is 2.26 bits per heavy atom. The molecule has 2 aromatic heterocycles. The highest BCUT2D eigenvalue weighted by Gasteiger charge is 2.30. The summed E-state index contributed by atoms with van der Waals surface area (Å²) in [5, 5.41) is 2.98. The monoisotopic (exact) mass is 309 g/mol. The van der Waals surface area contributed by atoms with Gasteiger partial charge in [0.1, 0.15) is 5.82 Å². The Morgan fingerprint density at radius 3 is 3.04 bits per heavy atom. The summed E-state index contributed by atoms with van der Waals surface area (Å²) in [6.45, 7) is 0.742. The first-order chi connectivity index (χ1) is 11.3. The zero-order valence-electron chi connectivity index (χ0n) is 13.0. The SMILES string of the molecule is CNc1cncc([C@@H]2CCCN2C(=O)/C=C/c2cccnc2)n1. The normalized spacial score (nSPS) is 17.6. The molecule has 3 heterocycles. The molecule has 0 bridgehead atoms. The minimum atomic E-state index is -0.0122. The first-order valence-corrected chi connectivity index (χ1v) is 7.66. The van der Waals surface area contributed by atoms with Gasteiger partial charge < -0.3 is 10.2 Å². The quantitative estimate of drug-likeness (QED) is 0.877. The topological polar surface area (TPSA) is 71.0 Å². The van der Waals surface area contributed by atoms with E-state index in [-0.39, 0.29) is 11.9 Å². The van der Waals surface area contributed by atoms with Crippen molar-refractivity contribution in [3.05, 3.63) is 54.3 Å². The van der Waals surface area contributed by atoms with Crippen LogP contribution in [0.2, 0.25) is 0 Å². The van der Waals surface area contributed by atoms with Gasteiger partial charge in [-0.3, -0.25) is 14.8 Å². The lowest BCUT2D eigenvalue weighted by atomic mass is 10.1. The second kappa shape index (κ2) is 7.00. The Balaban J connectivity index is 1.75. The van der Waals surface area contributed by atoms with Gasteiger partial charge in [-0.15, -0.1) is 0 Å². The van der Waals surface area contributed by atoms with E-state index in [0.29, 0.717) is 5.82 Å². The van der Waals surface area contributed by atoms with Crippen molar-refractivity contribution in [2.45, 2.75) is 18.9 Å². The number of rotatable bonds is 4. The van der Waals surface area contributed by atoms with E-state index in [1.807, 2.05) is 24.1 Å². The third-order valence-corrected chi connectivity index (χ3v) is 3.89. The molecular formula is C17H19N5O. The molecule has 3 rings (SSSR count). The van der Waals surface area contributed by atoms with Gasteiger partial charge in [0.15, 0.2) is 0 Å². The fourth-order valence-corrected chi connectivity index (χ4v) is 2.74. The van der Waals surface area contributed by atoms with Gasteiger partial charge in [-0.2, -0.15) is 0 Å². The predicted molar refractivity (Wildman–Crippen MR) is 88.5 cm³/mol. The van der Waals surface area contributed by atoms with Crippen molar-refractivity contribution in [1.29, 1.82) is 0 Å². The van der Waals surface area contributed by atoms with Crippen molar-refractivity contribution in [2.24, 2.45) is 0 Å². The van der Waals surface area contributed by atoms with Crippen LogP contribution in [0.5, 0.6) is 0 Å². The van der Waals surface area contributed by atoms with Gasteiger partial charge in [-0.25, -0.2) is 4.98 Å². The fourth-order valence-electron chi connectivity index (χ4n) is 2.74. The molecule has 1 aliphatic rings. The van der Waals surface area contributed by atoms with Gasteiger partial charge in [0, 0.05) is 32.1 Å². The van der Waals surface area contributed by atoms with Crippen LogP contribution in [0.3, 0.4) is 0 Å². The number of amides is 1. The number of hydrogen-bond acceptors (Lipinski definition) is 5. The van der Waals surface area contributed by atoms with E-state index in [2.05, 4.69) is 20.3 Å². The largest absolute Gasteiger partial charge is 0.372 e. The van der Waals surface area contributed by atoms with Gasteiger partial charge >= 0.3 is 0 Å². The molecule has 6 nitrogen and oxygen atoms in total. The first kappa shape index (κ1) is 15.1. The van der Waals surface area contributed by atoms with Gasteiger partial charge in [-0.05, 0) is 30.5 Å². The van der Waals surface area contributed by atoms with Crippen molar-refractivity contribution < 1.29 is 4.79 Å². The summed E-state index contributed by atoms with van der Waals surface area (Å²) >= 11 is 0. The number of anilines is 1. The average molecular weight is 309 g/mol. The second-order valence-corrected chi connectivity index (χ2v) is 5.39. The third kappa shape index (κ3) is 3.53. The van der Waals surface area contributed by atoms with Crippen molar-refractivity contribution in [3.8, 4) is 0 Å². The number of nitrogens with zero attached hydrogens (tertiary/aromatic N) is 4. The number of carbonyl (C=O) groups is 1. The number of likely N-dealkylation sites (tertiary alicyclic amines) is 1. The molecule has 0 radical (unpaired) electrons. The standard InChI is InChI=1S/C17H19N5O/c1-18-16-12-20-11-14(21-16)15-5-3-9-22(15)17(23)7-6-13-4-2-8-19-10-13/h2,4,6-8,10-12,15H,3,5,9H2,1H3,(H,18,21)/b7-6+/t15-/m0/s1. The molecule has 1 saturated heterocycles. The van der Waals surface area contributed by atoms with Crippen molar-refractivity contribution in [2.75, 3.05) is 18.9 Å². The number of nitrogens with one attached hydrogen (secondary N) is 1. The lowest BCUT2D eigenvalue weighted by Gasteiger charge is -2.23. The van der Waals surface area contributed by atoms with Crippen LogP contribution >= 0.6 is 0 Å². The molecule has 1 amide bonds. The molecule has 2 aromatic rings.